The molecular weight excluding hydrogens is 240 g/mol. The average Bonchev–Trinajstić information content (AvgIpc) is 2.46. The molecule has 1 unspecified atom stereocenters. The highest BCUT2D eigenvalue weighted by Gasteiger charge is 2.17. The molecule has 4 nitrogen and oxygen atoms in total. The Hall–Kier alpha value is -2.07. The highest BCUT2D eigenvalue weighted by molar-refractivity contribution is 5.46. The Morgan fingerprint density at radius 1 is 1.11 bits per heavy atom. The Balaban J connectivity index is 2.48. The second-order valence-electron chi connectivity index (χ2n) is 4.26. The van der Waals surface area contributed by atoms with Gasteiger partial charge < -0.3 is 15.2 Å². The standard InChI is InChI=1S/C15H18N2O2/c1-10-12(5-4-8-17-10)15(16)13-9-11(18-2)6-7-14(13)19-3/h4-9,15H,16H2,1-3H3. The van der Waals surface area contributed by atoms with Gasteiger partial charge in [-0.25, -0.2) is 0 Å². The molecule has 2 rings (SSSR count). The van der Waals surface area contributed by atoms with Gasteiger partial charge in [0.05, 0.1) is 20.3 Å². The summed E-state index contributed by atoms with van der Waals surface area (Å²) < 4.78 is 10.6. The van der Waals surface area contributed by atoms with Gasteiger partial charge in [0.25, 0.3) is 0 Å². The zero-order valence-electron chi connectivity index (χ0n) is 11.4. The van der Waals surface area contributed by atoms with Crippen molar-refractivity contribution >= 4 is 0 Å². The maximum atomic E-state index is 6.34. The Morgan fingerprint density at radius 2 is 1.89 bits per heavy atom. The van der Waals surface area contributed by atoms with Crippen molar-refractivity contribution < 1.29 is 9.47 Å². The molecule has 0 aliphatic carbocycles. The normalized spacial score (nSPS) is 12.0. The summed E-state index contributed by atoms with van der Waals surface area (Å²) in [6.07, 6.45) is 1.76. The lowest BCUT2D eigenvalue weighted by Crippen LogP contribution is -2.15. The van der Waals surface area contributed by atoms with Crippen LogP contribution in [0.3, 0.4) is 0 Å². The van der Waals surface area contributed by atoms with Crippen LogP contribution in [0.1, 0.15) is 22.9 Å². The highest BCUT2D eigenvalue weighted by atomic mass is 16.5. The molecule has 0 bridgehead atoms. The quantitative estimate of drug-likeness (QED) is 0.915. The number of nitrogens with two attached hydrogens (primary N) is 1. The minimum Gasteiger partial charge on any atom is -0.497 e. The predicted octanol–water partition coefficient (Wildman–Crippen LogP) is 2.46. The van der Waals surface area contributed by atoms with E-state index in [0.717, 1.165) is 28.3 Å². The fourth-order valence-electron chi connectivity index (χ4n) is 2.08. The fraction of sp³-hybridized carbons (Fsp3) is 0.267. The van der Waals surface area contributed by atoms with Gasteiger partial charge >= 0.3 is 0 Å². The molecule has 0 amide bonds. The van der Waals surface area contributed by atoms with Crippen LogP contribution in [0.4, 0.5) is 0 Å². The van der Waals surface area contributed by atoms with Gasteiger partial charge in [0.1, 0.15) is 11.5 Å². The third-order valence-corrected chi connectivity index (χ3v) is 3.15. The summed E-state index contributed by atoms with van der Waals surface area (Å²) in [5.74, 6) is 1.50. The van der Waals surface area contributed by atoms with Crippen LogP contribution < -0.4 is 15.2 Å². The molecule has 1 atom stereocenters. The van der Waals surface area contributed by atoms with E-state index in [9.17, 15) is 0 Å². The van der Waals surface area contributed by atoms with Gasteiger partial charge in [-0.1, -0.05) is 6.07 Å². The molecule has 1 heterocycles. The van der Waals surface area contributed by atoms with Crippen molar-refractivity contribution in [2.24, 2.45) is 5.73 Å². The number of ether oxygens (including phenoxy) is 2. The summed E-state index contributed by atoms with van der Waals surface area (Å²) in [6.45, 7) is 1.95. The molecular formula is C15H18N2O2. The van der Waals surface area contributed by atoms with Crippen LogP contribution in [0.2, 0.25) is 0 Å². The van der Waals surface area contributed by atoms with E-state index >= 15 is 0 Å². The summed E-state index contributed by atoms with van der Waals surface area (Å²) in [4.78, 5) is 4.27. The highest BCUT2D eigenvalue weighted by Crippen LogP contribution is 2.32. The van der Waals surface area contributed by atoms with E-state index in [4.69, 9.17) is 15.2 Å². The smallest absolute Gasteiger partial charge is 0.124 e. The van der Waals surface area contributed by atoms with Crippen LogP contribution in [0.15, 0.2) is 36.5 Å². The molecule has 0 fully saturated rings. The Labute approximate surface area is 113 Å². The van der Waals surface area contributed by atoms with Gasteiger partial charge in [0, 0.05) is 17.5 Å². The summed E-state index contributed by atoms with van der Waals surface area (Å²) in [7, 11) is 3.26. The zero-order chi connectivity index (χ0) is 13.8. The number of aryl methyl sites for hydroxylation is 1. The van der Waals surface area contributed by atoms with Crippen molar-refractivity contribution in [3.05, 3.63) is 53.3 Å². The van der Waals surface area contributed by atoms with E-state index in [-0.39, 0.29) is 6.04 Å². The molecule has 1 aromatic carbocycles. The van der Waals surface area contributed by atoms with Crippen LogP contribution in [-0.2, 0) is 0 Å². The summed E-state index contributed by atoms with van der Waals surface area (Å²) in [5.41, 5.74) is 9.13. The molecule has 19 heavy (non-hydrogen) atoms. The molecule has 1 aromatic heterocycles. The Kier molecular flexibility index (Phi) is 4.02. The topological polar surface area (TPSA) is 57.4 Å². The third-order valence-electron chi connectivity index (χ3n) is 3.15. The van der Waals surface area contributed by atoms with Crippen molar-refractivity contribution in [1.29, 1.82) is 0 Å². The van der Waals surface area contributed by atoms with Gasteiger partial charge in [-0.15, -0.1) is 0 Å². The van der Waals surface area contributed by atoms with Crippen molar-refractivity contribution in [1.82, 2.24) is 4.98 Å². The van der Waals surface area contributed by atoms with E-state index in [1.807, 2.05) is 37.3 Å². The number of methoxy groups -OCH3 is 2. The molecule has 4 heteroatoms. The van der Waals surface area contributed by atoms with Crippen LogP contribution in [0.5, 0.6) is 11.5 Å². The van der Waals surface area contributed by atoms with Crippen molar-refractivity contribution in [2.75, 3.05) is 14.2 Å². The molecule has 100 valence electrons. The van der Waals surface area contributed by atoms with E-state index in [1.54, 1.807) is 20.4 Å². The minimum atomic E-state index is -0.293. The first-order valence-corrected chi connectivity index (χ1v) is 6.06. The number of hydrogen-bond donors (Lipinski definition) is 1. The Bertz CT molecular complexity index is 570. The fourth-order valence-corrected chi connectivity index (χ4v) is 2.08. The molecule has 0 aliphatic rings. The maximum Gasteiger partial charge on any atom is 0.124 e. The molecule has 2 aromatic rings. The second kappa shape index (κ2) is 5.71. The third kappa shape index (κ3) is 2.69. The summed E-state index contributed by atoms with van der Waals surface area (Å²) in [5, 5.41) is 0. The molecule has 0 aliphatic heterocycles. The first kappa shape index (κ1) is 13.4. The first-order valence-electron chi connectivity index (χ1n) is 6.06. The number of hydrogen-bond acceptors (Lipinski definition) is 4. The van der Waals surface area contributed by atoms with Crippen molar-refractivity contribution in [2.45, 2.75) is 13.0 Å². The number of rotatable bonds is 4. The first-order chi connectivity index (χ1) is 9.17. The molecule has 0 saturated carbocycles. The molecule has 2 N–H and O–H groups in total. The number of aromatic nitrogens is 1. The van der Waals surface area contributed by atoms with Crippen LogP contribution >= 0.6 is 0 Å². The monoisotopic (exact) mass is 258 g/mol. The largest absolute Gasteiger partial charge is 0.497 e. The van der Waals surface area contributed by atoms with Crippen LogP contribution in [-0.4, -0.2) is 19.2 Å². The van der Waals surface area contributed by atoms with E-state index in [1.165, 1.54) is 0 Å². The van der Waals surface area contributed by atoms with Gasteiger partial charge in [-0.3, -0.25) is 4.98 Å². The van der Waals surface area contributed by atoms with E-state index in [2.05, 4.69) is 4.98 Å². The summed E-state index contributed by atoms with van der Waals surface area (Å²) in [6, 6.07) is 9.18. The number of pyridine rings is 1. The molecule has 0 spiro atoms. The van der Waals surface area contributed by atoms with Crippen molar-refractivity contribution in [3.63, 3.8) is 0 Å². The van der Waals surface area contributed by atoms with Crippen LogP contribution in [0.25, 0.3) is 0 Å². The molecule has 0 saturated heterocycles. The zero-order valence-corrected chi connectivity index (χ0v) is 11.4. The van der Waals surface area contributed by atoms with Crippen molar-refractivity contribution in [3.8, 4) is 11.5 Å². The van der Waals surface area contributed by atoms with E-state index in [0.29, 0.717) is 0 Å². The van der Waals surface area contributed by atoms with Gasteiger partial charge in [0.15, 0.2) is 0 Å². The number of benzene rings is 1. The lowest BCUT2D eigenvalue weighted by molar-refractivity contribution is 0.397. The predicted molar refractivity (Wildman–Crippen MR) is 74.6 cm³/mol. The van der Waals surface area contributed by atoms with Gasteiger partial charge in [-0.2, -0.15) is 0 Å². The lowest BCUT2D eigenvalue weighted by Gasteiger charge is -2.18. The number of nitrogens with zero attached hydrogens (tertiary/aromatic N) is 1. The SMILES string of the molecule is COc1ccc(OC)c(C(N)c2cccnc2C)c1. The lowest BCUT2D eigenvalue weighted by atomic mass is 9.97. The minimum absolute atomic E-state index is 0.293. The van der Waals surface area contributed by atoms with Crippen LogP contribution in [0, 0.1) is 6.92 Å². The summed E-state index contributed by atoms with van der Waals surface area (Å²) >= 11 is 0. The Morgan fingerprint density at radius 3 is 2.53 bits per heavy atom. The van der Waals surface area contributed by atoms with Gasteiger partial charge in [-0.05, 0) is 36.8 Å². The molecule has 0 radical (unpaired) electrons. The average molecular weight is 258 g/mol. The second-order valence-corrected chi connectivity index (χ2v) is 4.26. The van der Waals surface area contributed by atoms with Gasteiger partial charge in [0.2, 0.25) is 0 Å². The maximum absolute atomic E-state index is 6.34. The van der Waals surface area contributed by atoms with E-state index < -0.39 is 0 Å².